The lowest BCUT2D eigenvalue weighted by atomic mass is 9.95. The first kappa shape index (κ1) is 32.9. The van der Waals surface area contributed by atoms with Crippen LogP contribution in [-0.4, -0.2) is 103 Å². The number of imidazole rings is 2. The Hall–Kier alpha value is -2.63. The van der Waals surface area contributed by atoms with Crippen molar-refractivity contribution in [3.05, 3.63) is 29.3 Å². The van der Waals surface area contributed by atoms with E-state index in [2.05, 4.69) is 42.5 Å². The first-order valence-corrected chi connectivity index (χ1v) is 18.6. The predicted octanol–water partition coefficient (Wildman–Crippen LogP) is -0.650. The van der Waals surface area contributed by atoms with Gasteiger partial charge in [0.05, 0.1) is 32.0 Å². The van der Waals surface area contributed by atoms with Crippen LogP contribution < -0.4 is 17.0 Å². The second-order valence-electron chi connectivity index (χ2n) is 10.8. The van der Waals surface area contributed by atoms with E-state index in [0.717, 1.165) is 0 Å². The van der Waals surface area contributed by atoms with Gasteiger partial charge in [0.2, 0.25) is 5.95 Å². The Morgan fingerprint density at radius 3 is 2.45 bits per heavy atom. The van der Waals surface area contributed by atoms with E-state index in [9.17, 15) is 24.3 Å². The van der Waals surface area contributed by atoms with Crippen LogP contribution in [0.3, 0.4) is 0 Å². The number of anilines is 2. The van der Waals surface area contributed by atoms with Gasteiger partial charge < -0.3 is 40.4 Å². The molecule has 0 aliphatic carbocycles. The average Bonchev–Trinajstić information content (AvgIpc) is 3.76. The summed E-state index contributed by atoms with van der Waals surface area (Å²) in [6.45, 7) is -5.21. The summed E-state index contributed by atoms with van der Waals surface area (Å²) < 4.78 is 51.0. The van der Waals surface area contributed by atoms with E-state index in [1.54, 1.807) is 0 Å². The molecule has 21 nitrogen and oxygen atoms in total. The predicted molar refractivity (Wildman–Crippen MR) is 166 cm³/mol. The van der Waals surface area contributed by atoms with E-state index in [-0.39, 0.29) is 52.9 Å². The molecule has 25 heteroatoms. The summed E-state index contributed by atoms with van der Waals surface area (Å²) in [5.41, 5.74) is 11.4. The minimum Gasteiger partial charge on any atom is -0.386 e. The number of phosphoric acid groups is 1. The van der Waals surface area contributed by atoms with E-state index in [4.69, 9.17) is 50.8 Å². The van der Waals surface area contributed by atoms with Gasteiger partial charge in [-0.2, -0.15) is 17.6 Å². The number of aromatic nitrogens is 8. The summed E-state index contributed by atoms with van der Waals surface area (Å²) in [6.07, 6.45) is -4.82. The Morgan fingerprint density at radius 1 is 0.979 bits per heavy atom. The Kier molecular flexibility index (Phi) is 8.65. The fourth-order valence-corrected chi connectivity index (χ4v) is 8.61. The SMILES string of the molecule is Nc1nc2c(ncn2C2OC3COP(O)(=S)OC4C(COP(=O)(O)OC2C3CCS)OC(n2cnc3c(N)ncnc32)C4O)c(=O)[nH]1. The number of phosphoric ester groups is 1. The lowest BCUT2D eigenvalue weighted by molar-refractivity contribution is -0.0647. The lowest BCUT2D eigenvalue weighted by Gasteiger charge is -2.27. The molecule has 10 atom stereocenters. The molecule has 3 fully saturated rings. The van der Waals surface area contributed by atoms with E-state index in [0.29, 0.717) is 0 Å². The van der Waals surface area contributed by atoms with Crippen LogP contribution in [0.1, 0.15) is 18.9 Å². The minimum absolute atomic E-state index is 0.0164. The minimum atomic E-state index is -4.95. The monoisotopic (exact) mass is 734 g/mol. The van der Waals surface area contributed by atoms with Crippen molar-refractivity contribution in [1.29, 1.82) is 0 Å². The van der Waals surface area contributed by atoms with Crippen molar-refractivity contribution in [3.63, 3.8) is 0 Å². The van der Waals surface area contributed by atoms with Crippen molar-refractivity contribution in [2.24, 2.45) is 5.92 Å². The Balaban J connectivity index is 1.23. The highest BCUT2D eigenvalue weighted by atomic mass is 32.5. The molecule has 3 aliphatic heterocycles. The summed E-state index contributed by atoms with van der Waals surface area (Å²) in [5.74, 6) is -0.516. The number of fused-ring (bicyclic) bond motifs is 5. The van der Waals surface area contributed by atoms with E-state index >= 15 is 0 Å². The quantitative estimate of drug-likeness (QED) is 0.101. The maximum absolute atomic E-state index is 13.5. The average molecular weight is 735 g/mol. The molecular weight excluding hydrogens is 706 g/mol. The highest BCUT2D eigenvalue weighted by Gasteiger charge is 2.53. The van der Waals surface area contributed by atoms with Crippen molar-refractivity contribution in [1.82, 2.24) is 39.0 Å². The second kappa shape index (κ2) is 12.4. The molecule has 8 N–H and O–H groups in total. The maximum atomic E-state index is 13.5. The van der Waals surface area contributed by atoms with Gasteiger partial charge in [-0.3, -0.25) is 32.5 Å². The molecule has 4 aromatic heterocycles. The van der Waals surface area contributed by atoms with Crippen LogP contribution in [0, 0.1) is 5.92 Å². The largest absolute Gasteiger partial charge is 0.472 e. The Morgan fingerprint density at radius 2 is 1.68 bits per heavy atom. The molecule has 0 aromatic carbocycles. The topological polar surface area (TPSA) is 292 Å². The van der Waals surface area contributed by atoms with Crippen molar-refractivity contribution < 1.29 is 47.0 Å². The van der Waals surface area contributed by atoms with Crippen molar-refractivity contribution in [2.75, 3.05) is 30.4 Å². The number of nitrogens with zero attached hydrogens (tertiary/aromatic N) is 7. The smallest absolute Gasteiger partial charge is 0.386 e. The second-order valence-corrected chi connectivity index (χ2v) is 15.5. The number of H-pyrrole nitrogens is 1. The van der Waals surface area contributed by atoms with Crippen molar-refractivity contribution in [2.45, 2.75) is 49.4 Å². The zero-order valence-corrected chi connectivity index (χ0v) is 27.3. The molecule has 254 valence electrons. The number of nitrogens with one attached hydrogen (secondary N) is 1. The standard InChI is InChI=1S/C22H28N10O11P2S2/c23-16-11-17(26-5-25-16)31(6-27-11)20-13(33)15-10(41-20)4-38-44(35,36)42-14-8(1-2-46)9(3-39-45(37,47)43-15)40-21(14)32-7-28-12-18(32)29-22(24)30-19(12)34/h5-10,13-15,20-21,33,46H,1-4H2,(H,35,36)(H,37,47)(H2,23,25,26)(H3,24,29,30,34). The number of aliphatic hydroxyl groups excluding tert-OH is 1. The molecular formula is C22H28N10O11P2S2. The summed E-state index contributed by atoms with van der Waals surface area (Å²) in [4.78, 5) is 57.4. The molecule has 7 rings (SSSR count). The first-order valence-electron chi connectivity index (χ1n) is 13.9. The number of hydrogen-bond donors (Lipinski definition) is 7. The zero-order chi connectivity index (χ0) is 33.2. The van der Waals surface area contributed by atoms with Crippen molar-refractivity contribution in [3.8, 4) is 0 Å². The van der Waals surface area contributed by atoms with E-state index < -0.39 is 75.6 Å². The van der Waals surface area contributed by atoms with Crippen LogP contribution in [0.2, 0.25) is 0 Å². The molecule has 0 spiro atoms. The molecule has 2 bridgehead atoms. The number of nitrogens with two attached hydrogens (primary N) is 2. The molecule has 3 saturated heterocycles. The third-order valence-corrected chi connectivity index (χ3v) is 10.8. The number of aliphatic hydroxyl groups is 1. The fraction of sp³-hybridized carbons (Fsp3) is 0.545. The normalized spacial score (nSPS) is 36.6. The van der Waals surface area contributed by atoms with Gasteiger partial charge in [-0.15, -0.1) is 0 Å². The van der Waals surface area contributed by atoms with Crippen LogP contribution in [0.25, 0.3) is 22.3 Å². The van der Waals surface area contributed by atoms with Crippen LogP contribution in [-0.2, 0) is 43.9 Å². The molecule has 0 saturated carbocycles. The summed E-state index contributed by atoms with van der Waals surface area (Å²) in [7, 11) is -4.95. The van der Waals surface area contributed by atoms with Gasteiger partial charge in [-0.1, -0.05) is 0 Å². The Bertz CT molecular complexity index is 1980. The highest BCUT2D eigenvalue weighted by Crippen LogP contribution is 2.55. The van der Waals surface area contributed by atoms with E-state index in [1.807, 2.05) is 0 Å². The van der Waals surface area contributed by atoms with Gasteiger partial charge in [0.1, 0.15) is 36.3 Å². The lowest BCUT2D eigenvalue weighted by Crippen LogP contribution is -2.36. The molecule has 47 heavy (non-hydrogen) atoms. The van der Waals surface area contributed by atoms with Gasteiger partial charge in [0.25, 0.3) is 5.56 Å². The van der Waals surface area contributed by atoms with Gasteiger partial charge >= 0.3 is 14.5 Å². The highest BCUT2D eigenvalue weighted by molar-refractivity contribution is 8.07. The number of ether oxygens (including phenoxy) is 2. The van der Waals surface area contributed by atoms with Crippen LogP contribution >= 0.6 is 27.2 Å². The molecule has 0 radical (unpaired) electrons. The third-order valence-electron chi connectivity index (χ3n) is 7.97. The molecule has 7 heterocycles. The first-order chi connectivity index (χ1) is 22.4. The van der Waals surface area contributed by atoms with Gasteiger partial charge in [0.15, 0.2) is 35.1 Å². The summed E-state index contributed by atoms with van der Waals surface area (Å²) in [5, 5.41) is 11.3. The van der Waals surface area contributed by atoms with Crippen LogP contribution in [0.5, 0.6) is 0 Å². The summed E-state index contributed by atoms with van der Waals surface area (Å²) >= 11 is 9.63. The van der Waals surface area contributed by atoms with Gasteiger partial charge in [-0.25, -0.2) is 24.5 Å². The van der Waals surface area contributed by atoms with E-state index in [1.165, 1.54) is 28.1 Å². The Labute approximate surface area is 273 Å². The number of hydrogen-bond acceptors (Lipinski definition) is 18. The molecule has 4 aromatic rings. The maximum Gasteiger partial charge on any atom is 0.472 e. The van der Waals surface area contributed by atoms with Crippen LogP contribution in [0.4, 0.5) is 11.8 Å². The number of aromatic amines is 1. The number of rotatable bonds is 4. The molecule has 3 aliphatic rings. The zero-order valence-electron chi connectivity index (χ0n) is 23.8. The summed E-state index contributed by atoms with van der Waals surface area (Å²) in [6, 6.07) is 0. The van der Waals surface area contributed by atoms with Crippen molar-refractivity contribution >= 4 is 73.1 Å². The van der Waals surface area contributed by atoms with Gasteiger partial charge in [0, 0.05) is 5.92 Å². The number of thiol groups is 1. The van der Waals surface area contributed by atoms with Crippen LogP contribution in [0.15, 0.2) is 23.8 Å². The molecule has 0 amide bonds. The third kappa shape index (κ3) is 6.09. The fourth-order valence-electron chi connectivity index (χ4n) is 5.90. The molecule has 10 unspecified atom stereocenters. The van der Waals surface area contributed by atoms with Gasteiger partial charge in [-0.05, 0) is 24.0 Å². The number of nitrogen functional groups attached to an aromatic ring is 2.